The third-order valence-electron chi connectivity index (χ3n) is 6.09. The molecule has 4 aromatic rings. The van der Waals surface area contributed by atoms with Gasteiger partial charge in [-0.15, -0.1) is 0 Å². The van der Waals surface area contributed by atoms with Gasteiger partial charge in [-0.1, -0.05) is 60.1 Å². The van der Waals surface area contributed by atoms with Crippen LogP contribution in [0.5, 0.6) is 0 Å². The van der Waals surface area contributed by atoms with E-state index in [1.807, 2.05) is 28.8 Å². The number of carbonyl (C=O) groups is 4. The number of nitrogens with one attached hydrogen (secondary N) is 2. The topological polar surface area (TPSA) is 106 Å². The number of carbonyl (C=O) groups excluding carboxylic acids is 4. The summed E-state index contributed by atoms with van der Waals surface area (Å²) in [5.41, 5.74) is 3.57. The smallest absolute Gasteiger partial charge is 0.333 e. The minimum absolute atomic E-state index is 0.117. The highest BCUT2D eigenvalue weighted by atomic mass is 35.5. The fraction of sp³-hybridized carbons (Fsp3) is 0.103. The van der Waals surface area contributed by atoms with Crippen molar-refractivity contribution in [3.8, 4) is 11.3 Å². The number of halogens is 1. The number of esters is 1. The van der Waals surface area contributed by atoms with Gasteiger partial charge in [-0.05, 0) is 29.8 Å². The molecule has 0 aliphatic carbocycles. The van der Waals surface area contributed by atoms with Crippen molar-refractivity contribution in [3.05, 3.63) is 101 Å². The second kappa shape index (κ2) is 10.4. The van der Waals surface area contributed by atoms with E-state index in [9.17, 15) is 19.2 Å². The number of Topliss-reactive ketones (excluding diaryl/α,β-unsaturated/α-hetero) is 1. The van der Waals surface area contributed by atoms with Gasteiger partial charge in [0.1, 0.15) is 6.61 Å². The van der Waals surface area contributed by atoms with Crippen LogP contribution in [-0.2, 0) is 25.7 Å². The lowest BCUT2D eigenvalue weighted by atomic mass is 9.99. The Bertz CT molecular complexity index is 1640. The van der Waals surface area contributed by atoms with E-state index in [-0.39, 0.29) is 23.8 Å². The molecule has 0 spiro atoms. The van der Waals surface area contributed by atoms with E-state index < -0.39 is 17.7 Å². The van der Waals surface area contributed by atoms with Crippen LogP contribution in [0.15, 0.2) is 84.6 Å². The van der Waals surface area contributed by atoms with E-state index >= 15 is 0 Å². The summed E-state index contributed by atoms with van der Waals surface area (Å²) in [6, 6.07) is 21.7. The van der Waals surface area contributed by atoms with Gasteiger partial charge in [0.05, 0.1) is 22.6 Å². The maximum absolute atomic E-state index is 13.8. The molecule has 1 aliphatic heterocycles. The quantitative estimate of drug-likeness (QED) is 0.206. The Morgan fingerprint density at radius 2 is 1.66 bits per heavy atom. The zero-order valence-corrected chi connectivity index (χ0v) is 21.0. The van der Waals surface area contributed by atoms with Crippen LogP contribution in [0, 0.1) is 0 Å². The number of cyclic esters (lactones) is 1. The summed E-state index contributed by atoms with van der Waals surface area (Å²) in [5.74, 6) is -2.55. The summed E-state index contributed by atoms with van der Waals surface area (Å²) in [6.45, 7) is 1.65. The Kier molecular flexibility index (Phi) is 6.81. The minimum Gasteiger partial charge on any atom is -0.456 e. The molecule has 1 aromatic heterocycles. The second-order valence-corrected chi connectivity index (χ2v) is 9.18. The van der Waals surface area contributed by atoms with Crippen molar-refractivity contribution in [1.82, 2.24) is 9.88 Å². The van der Waals surface area contributed by atoms with Crippen molar-refractivity contribution >= 4 is 51.8 Å². The standard InChI is InChI=1S/C29H22ClN3O5/c1-17(34)31-23-8-4-2-6-21(23)27-26(28(36)29(37)32-20-14-25(35)38-16-20)22-7-3-5-9-24(22)33(27)15-18-10-12-19(30)13-11-18/h2-14H,15-16H2,1H3,(H,31,34)(H,32,37). The molecule has 190 valence electrons. The molecule has 2 amide bonds. The number of benzene rings is 3. The number of ketones is 1. The molecule has 1 aliphatic rings. The van der Waals surface area contributed by atoms with Crippen LogP contribution in [0.1, 0.15) is 22.8 Å². The SMILES string of the molecule is CC(=O)Nc1ccccc1-c1c(C(=O)C(=O)NC2=CC(=O)OC2)c2ccccc2n1Cc1ccc(Cl)cc1. The van der Waals surface area contributed by atoms with Gasteiger partial charge in [0, 0.05) is 41.0 Å². The number of fused-ring (bicyclic) bond motifs is 1. The fourth-order valence-electron chi connectivity index (χ4n) is 4.50. The zero-order valence-electron chi connectivity index (χ0n) is 20.3. The highest BCUT2D eigenvalue weighted by molar-refractivity contribution is 6.46. The lowest BCUT2D eigenvalue weighted by Crippen LogP contribution is -2.31. The van der Waals surface area contributed by atoms with E-state index in [0.29, 0.717) is 33.9 Å². The van der Waals surface area contributed by atoms with E-state index in [4.69, 9.17) is 16.3 Å². The molecule has 0 fully saturated rings. The highest BCUT2D eigenvalue weighted by Crippen LogP contribution is 2.38. The summed E-state index contributed by atoms with van der Waals surface area (Å²) in [4.78, 5) is 50.4. The maximum atomic E-state index is 13.8. The van der Waals surface area contributed by atoms with Crippen molar-refractivity contribution in [2.45, 2.75) is 13.5 Å². The maximum Gasteiger partial charge on any atom is 0.333 e. The predicted molar refractivity (Wildman–Crippen MR) is 144 cm³/mol. The Balaban J connectivity index is 1.73. The van der Waals surface area contributed by atoms with E-state index in [1.54, 1.807) is 48.5 Å². The number of nitrogens with zero attached hydrogens (tertiary/aromatic N) is 1. The lowest BCUT2D eigenvalue weighted by Gasteiger charge is -2.16. The second-order valence-electron chi connectivity index (χ2n) is 8.74. The Hall–Kier alpha value is -4.69. The third-order valence-corrected chi connectivity index (χ3v) is 6.34. The van der Waals surface area contributed by atoms with Crippen molar-refractivity contribution in [2.24, 2.45) is 0 Å². The Labute approximate surface area is 222 Å². The molecule has 0 radical (unpaired) electrons. The van der Waals surface area contributed by atoms with Crippen LogP contribution >= 0.6 is 11.6 Å². The highest BCUT2D eigenvalue weighted by Gasteiger charge is 2.30. The summed E-state index contributed by atoms with van der Waals surface area (Å²) in [6.07, 6.45) is 1.14. The van der Waals surface area contributed by atoms with Gasteiger partial charge in [-0.3, -0.25) is 14.4 Å². The lowest BCUT2D eigenvalue weighted by molar-refractivity contribution is -0.135. The van der Waals surface area contributed by atoms with Crippen LogP contribution in [-0.4, -0.2) is 34.7 Å². The van der Waals surface area contributed by atoms with Gasteiger partial charge in [0.15, 0.2) is 0 Å². The van der Waals surface area contributed by atoms with Crippen LogP contribution < -0.4 is 10.6 Å². The summed E-state index contributed by atoms with van der Waals surface area (Å²) < 4.78 is 6.78. The van der Waals surface area contributed by atoms with Crippen molar-refractivity contribution < 1.29 is 23.9 Å². The molecule has 0 saturated heterocycles. The average molecular weight is 528 g/mol. The van der Waals surface area contributed by atoms with Gasteiger partial charge in [0.25, 0.3) is 11.7 Å². The van der Waals surface area contributed by atoms with Gasteiger partial charge in [-0.2, -0.15) is 0 Å². The Morgan fingerprint density at radius 3 is 2.37 bits per heavy atom. The molecule has 8 nitrogen and oxygen atoms in total. The first-order valence-corrected chi connectivity index (χ1v) is 12.2. The summed E-state index contributed by atoms with van der Waals surface area (Å²) in [7, 11) is 0. The number of rotatable bonds is 7. The molecule has 5 rings (SSSR count). The predicted octanol–water partition coefficient (Wildman–Crippen LogP) is 4.71. The van der Waals surface area contributed by atoms with Crippen LogP contribution in [0.2, 0.25) is 5.02 Å². The van der Waals surface area contributed by atoms with Gasteiger partial charge >= 0.3 is 5.97 Å². The van der Waals surface area contributed by atoms with E-state index in [0.717, 1.165) is 17.2 Å². The molecule has 0 unspecified atom stereocenters. The molecular formula is C29H22ClN3O5. The van der Waals surface area contributed by atoms with Crippen LogP contribution in [0.4, 0.5) is 5.69 Å². The monoisotopic (exact) mass is 527 g/mol. The minimum atomic E-state index is -0.901. The number of aromatic nitrogens is 1. The van der Waals surface area contributed by atoms with Crippen LogP contribution in [0.25, 0.3) is 22.2 Å². The number of ether oxygens (including phenoxy) is 1. The summed E-state index contributed by atoms with van der Waals surface area (Å²) in [5, 5.41) is 6.49. The normalized spacial score (nSPS) is 12.7. The van der Waals surface area contributed by atoms with E-state index in [1.165, 1.54) is 6.92 Å². The molecule has 0 atom stereocenters. The largest absolute Gasteiger partial charge is 0.456 e. The van der Waals surface area contributed by atoms with Crippen LogP contribution in [0.3, 0.4) is 0 Å². The number of hydrogen-bond acceptors (Lipinski definition) is 5. The molecule has 38 heavy (non-hydrogen) atoms. The fourth-order valence-corrected chi connectivity index (χ4v) is 4.63. The zero-order chi connectivity index (χ0) is 26.8. The van der Waals surface area contributed by atoms with Crippen molar-refractivity contribution in [2.75, 3.05) is 11.9 Å². The van der Waals surface area contributed by atoms with Gasteiger partial charge < -0.3 is 19.9 Å². The van der Waals surface area contributed by atoms with E-state index in [2.05, 4.69) is 10.6 Å². The third kappa shape index (κ3) is 4.94. The molecule has 9 heteroatoms. The first kappa shape index (κ1) is 25.0. The average Bonchev–Trinajstić information content (AvgIpc) is 3.45. The first-order valence-electron chi connectivity index (χ1n) is 11.8. The van der Waals surface area contributed by atoms with Gasteiger partial charge in [-0.25, -0.2) is 4.79 Å². The van der Waals surface area contributed by atoms with Crippen molar-refractivity contribution in [3.63, 3.8) is 0 Å². The molecular weight excluding hydrogens is 506 g/mol. The molecule has 2 heterocycles. The summed E-state index contributed by atoms with van der Waals surface area (Å²) >= 11 is 6.09. The number of para-hydroxylation sites is 2. The molecule has 0 bridgehead atoms. The number of hydrogen-bond donors (Lipinski definition) is 2. The van der Waals surface area contributed by atoms with Crippen molar-refractivity contribution in [1.29, 1.82) is 0 Å². The number of anilines is 1. The molecule has 2 N–H and O–H groups in total. The van der Waals surface area contributed by atoms with Gasteiger partial charge in [0.2, 0.25) is 5.91 Å². The molecule has 0 saturated carbocycles. The Morgan fingerprint density at radius 1 is 0.947 bits per heavy atom. The molecule has 3 aromatic carbocycles. The first-order chi connectivity index (χ1) is 18.3. The number of amides is 2.